The van der Waals surface area contributed by atoms with Crippen molar-refractivity contribution in [2.45, 2.75) is 39.4 Å². The average molecular weight is 196 g/mol. The van der Waals surface area contributed by atoms with Gasteiger partial charge in [0, 0.05) is 6.61 Å². The van der Waals surface area contributed by atoms with Crippen LogP contribution in [0.3, 0.4) is 0 Å². The largest absolute Gasteiger partial charge is 0.396 e. The van der Waals surface area contributed by atoms with E-state index in [9.17, 15) is 0 Å². The molecule has 0 aliphatic carbocycles. The van der Waals surface area contributed by atoms with Crippen molar-refractivity contribution < 1.29 is 5.11 Å². The van der Waals surface area contributed by atoms with Crippen LogP contribution in [0.5, 0.6) is 0 Å². The molecule has 0 heterocycles. The van der Waals surface area contributed by atoms with Gasteiger partial charge in [-0.1, -0.05) is 31.6 Å². The summed E-state index contributed by atoms with van der Waals surface area (Å²) in [5, 5.41) is 8.58. The highest BCUT2D eigenvalue weighted by Gasteiger charge is 2.06. The van der Waals surface area contributed by atoms with Gasteiger partial charge in [0.05, 0.1) is 0 Å². The second-order valence-corrected chi connectivity index (χ2v) is 9.00. The molecule has 0 saturated heterocycles. The first-order valence-electron chi connectivity index (χ1n) is 4.76. The van der Waals surface area contributed by atoms with Crippen molar-refractivity contribution in [1.29, 1.82) is 0 Å². The highest BCUT2D eigenvalue weighted by Crippen LogP contribution is 2.00. The molecule has 74 valence electrons. The Morgan fingerprint density at radius 2 is 2.00 bits per heavy atom. The molecule has 0 aliphatic rings. The van der Waals surface area contributed by atoms with Crippen LogP contribution in [0, 0.1) is 11.5 Å². The molecule has 0 amide bonds. The first kappa shape index (κ1) is 12.5. The van der Waals surface area contributed by atoms with Crippen LogP contribution in [0.1, 0.15) is 19.8 Å². The Hall–Kier alpha value is -0.523. The van der Waals surface area contributed by atoms with E-state index in [2.05, 4.69) is 37.2 Å². The number of aliphatic hydroxyl groups is 1. The Balaban J connectivity index is 4.03. The van der Waals surface area contributed by atoms with Crippen LogP contribution in [0.25, 0.3) is 0 Å². The third kappa shape index (κ3) is 9.39. The molecule has 0 radical (unpaired) electrons. The van der Waals surface area contributed by atoms with Crippen molar-refractivity contribution in [1.82, 2.24) is 0 Å². The summed E-state index contributed by atoms with van der Waals surface area (Å²) in [6.07, 6.45) is 3.87. The molecule has 0 fully saturated rings. The molecule has 2 heteroatoms. The van der Waals surface area contributed by atoms with Crippen molar-refractivity contribution in [3.63, 3.8) is 0 Å². The minimum Gasteiger partial charge on any atom is -0.396 e. The minimum atomic E-state index is -1.22. The van der Waals surface area contributed by atoms with Crippen molar-refractivity contribution in [2.75, 3.05) is 6.61 Å². The zero-order valence-electron chi connectivity index (χ0n) is 9.15. The topological polar surface area (TPSA) is 20.2 Å². The van der Waals surface area contributed by atoms with Crippen molar-refractivity contribution in [3.05, 3.63) is 11.6 Å². The van der Waals surface area contributed by atoms with E-state index in [1.807, 2.05) is 6.92 Å². The Labute approximate surface area is 82.9 Å². The van der Waals surface area contributed by atoms with Gasteiger partial charge in [0.15, 0.2) is 0 Å². The van der Waals surface area contributed by atoms with Crippen LogP contribution >= 0.6 is 0 Å². The fourth-order valence-corrected chi connectivity index (χ4v) is 1.32. The number of unbranched alkanes of at least 4 members (excludes halogenated alkanes) is 1. The van der Waals surface area contributed by atoms with E-state index >= 15 is 0 Å². The van der Waals surface area contributed by atoms with E-state index in [0.717, 1.165) is 18.4 Å². The smallest absolute Gasteiger partial charge is 0.129 e. The molecular formula is C11H20OSi. The first-order valence-corrected chi connectivity index (χ1v) is 8.26. The van der Waals surface area contributed by atoms with Gasteiger partial charge in [-0.2, -0.15) is 0 Å². The summed E-state index contributed by atoms with van der Waals surface area (Å²) in [7, 11) is -1.22. The molecule has 13 heavy (non-hydrogen) atoms. The van der Waals surface area contributed by atoms with Gasteiger partial charge in [0.2, 0.25) is 0 Å². The Morgan fingerprint density at radius 1 is 1.38 bits per heavy atom. The summed E-state index contributed by atoms with van der Waals surface area (Å²) < 4.78 is 0. The van der Waals surface area contributed by atoms with Gasteiger partial charge in [-0.3, -0.25) is 0 Å². The number of aliphatic hydroxyl groups excluding tert-OH is 1. The van der Waals surface area contributed by atoms with Gasteiger partial charge >= 0.3 is 0 Å². The summed E-state index contributed by atoms with van der Waals surface area (Å²) in [4.78, 5) is 0. The van der Waals surface area contributed by atoms with Gasteiger partial charge < -0.3 is 5.11 Å². The van der Waals surface area contributed by atoms with E-state index in [4.69, 9.17) is 5.11 Å². The molecule has 0 bridgehead atoms. The number of hydrogen-bond acceptors (Lipinski definition) is 1. The molecule has 1 N–H and O–H groups in total. The van der Waals surface area contributed by atoms with Gasteiger partial charge in [0.1, 0.15) is 8.07 Å². The van der Waals surface area contributed by atoms with Crippen LogP contribution < -0.4 is 0 Å². The van der Waals surface area contributed by atoms with Crippen molar-refractivity contribution in [3.8, 4) is 11.5 Å². The number of allylic oxidation sites excluding steroid dienone is 2. The van der Waals surface area contributed by atoms with Crippen LogP contribution in [0.15, 0.2) is 11.6 Å². The van der Waals surface area contributed by atoms with Crippen LogP contribution in [-0.2, 0) is 0 Å². The molecule has 0 unspecified atom stereocenters. The highest BCUT2D eigenvalue weighted by atomic mass is 28.3. The van der Waals surface area contributed by atoms with Gasteiger partial charge in [-0.05, 0) is 25.3 Å². The Morgan fingerprint density at radius 3 is 2.46 bits per heavy atom. The molecule has 0 spiro atoms. The number of rotatable bonds is 3. The maximum Gasteiger partial charge on any atom is 0.129 e. The normalized spacial score (nSPS) is 12.2. The van der Waals surface area contributed by atoms with Crippen LogP contribution in [-0.4, -0.2) is 19.8 Å². The maximum atomic E-state index is 8.58. The predicted octanol–water partition coefficient (Wildman–Crippen LogP) is 2.59. The van der Waals surface area contributed by atoms with Crippen LogP contribution in [0.4, 0.5) is 0 Å². The van der Waals surface area contributed by atoms with E-state index in [0.29, 0.717) is 0 Å². The van der Waals surface area contributed by atoms with Crippen molar-refractivity contribution in [2.24, 2.45) is 0 Å². The van der Waals surface area contributed by atoms with E-state index < -0.39 is 8.07 Å². The fraction of sp³-hybridized carbons (Fsp3) is 0.636. The summed E-state index contributed by atoms with van der Waals surface area (Å²) in [5.74, 6) is 3.17. The number of hydrogen-bond donors (Lipinski definition) is 1. The first-order chi connectivity index (χ1) is 5.95. The molecule has 1 nitrogen and oxygen atoms in total. The van der Waals surface area contributed by atoms with Gasteiger partial charge in [-0.15, -0.1) is 5.54 Å². The average Bonchev–Trinajstić information content (AvgIpc) is 2.00. The molecule has 0 aliphatic heterocycles. The SMILES string of the molecule is C/C(C#C[Si](C)(C)C)=C\CCCO. The standard InChI is InChI=1S/C11H20OSi/c1-11(7-5-6-9-12)8-10-13(2,3)4/h7,12H,5-6,9H2,1-4H3/b11-7+. The van der Waals surface area contributed by atoms with E-state index in [-0.39, 0.29) is 6.61 Å². The monoisotopic (exact) mass is 196 g/mol. The zero-order valence-corrected chi connectivity index (χ0v) is 10.1. The molecule has 0 aromatic heterocycles. The third-order valence-corrected chi connectivity index (χ3v) is 2.32. The van der Waals surface area contributed by atoms with E-state index in [1.54, 1.807) is 0 Å². The lowest BCUT2D eigenvalue weighted by Gasteiger charge is -2.03. The fourth-order valence-electron chi connectivity index (χ4n) is 0.747. The molecule has 0 aromatic carbocycles. The lowest BCUT2D eigenvalue weighted by Crippen LogP contribution is -2.16. The Kier molecular flexibility index (Phi) is 5.77. The molecule has 0 rings (SSSR count). The molecular weight excluding hydrogens is 176 g/mol. The lowest BCUT2D eigenvalue weighted by molar-refractivity contribution is 0.289. The molecule has 0 saturated carbocycles. The maximum absolute atomic E-state index is 8.58. The third-order valence-electron chi connectivity index (χ3n) is 1.45. The van der Waals surface area contributed by atoms with E-state index in [1.165, 1.54) is 0 Å². The second-order valence-electron chi connectivity index (χ2n) is 4.25. The summed E-state index contributed by atoms with van der Waals surface area (Å²) in [6, 6.07) is 0. The van der Waals surface area contributed by atoms with Crippen molar-refractivity contribution >= 4 is 8.07 Å². The minimum absolute atomic E-state index is 0.269. The van der Waals surface area contributed by atoms with Gasteiger partial charge in [0.25, 0.3) is 0 Å². The zero-order chi connectivity index (χ0) is 10.3. The quantitative estimate of drug-likeness (QED) is 0.418. The predicted molar refractivity (Wildman–Crippen MR) is 61.2 cm³/mol. The second kappa shape index (κ2) is 6.01. The van der Waals surface area contributed by atoms with Crippen LogP contribution in [0.2, 0.25) is 19.6 Å². The summed E-state index contributed by atoms with van der Waals surface area (Å²) >= 11 is 0. The molecule has 0 atom stereocenters. The summed E-state index contributed by atoms with van der Waals surface area (Å²) in [5.41, 5.74) is 4.44. The van der Waals surface area contributed by atoms with Gasteiger partial charge in [-0.25, -0.2) is 0 Å². The lowest BCUT2D eigenvalue weighted by atomic mass is 10.2. The highest BCUT2D eigenvalue weighted by molar-refractivity contribution is 6.83. The Bertz CT molecular complexity index is 225. The molecule has 0 aromatic rings. The summed E-state index contributed by atoms with van der Waals surface area (Å²) in [6.45, 7) is 9.01.